The Morgan fingerprint density at radius 1 is 0.282 bits per heavy atom. The highest BCUT2D eigenvalue weighted by atomic mass is 32.1. The van der Waals surface area contributed by atoms with Crippen LogP contribution in [0.1, 0.15) is 631 Å². The number of pyridine rings is 1. The standard InChI is InChI=1S/C13H20.2C12H18.C11H17N.C10H18N2.2C10H17NO.C10H17NS.C9H17N3.2C9H15NO.C9H15NS/c1-9(2)12-6-7-13(10(3)4)11(5)8-12;1-9(2)11-5-7-12(8-6-11)10(3)4;1-9(2)11-6-5-7-12(8-11)10(3)4;1-8(2)10-5-6-11(9(3)4)12-7-10;1-7(2)9-6-10(8(3)4)12(5)11-9;1-6(2)9-8(5)12-10(11-9)7(3)4;2*1-6(2)9-8(5)11-10(12-9)7(3)4;1-6(2)8-10-9(7(3)4)12(5)11-8;1-6(2)8-5-10-9(11-8)7(3)4;1-6(2)8-5-9(7(3)4)11-10-8;1-6(2)8-5-10-9(11-8)7(3)4/h6-10H,1-5H3;2*5-10H,1-4H3;5-9H,1-4H3;6-8H,1-5H3;4*6-7H,1-5H3;3*5-7H,1-4H3. The van der Waals surface area contributed by atoms with Crippen LogP contribution in [-0.2, 0) is 14.1 Å². The summed E-state index contributed by atoms with van der Waals surface area (Å²) in [6.07, 6.45) is 5.81. The molecule has 0 radical (unpaired) electrons. The van der Waals surface area contributed by atoms with E-state index < -0.39 is 0 Å². The van der Waals surface area contributed by atoms with Gasteiger partial charge in [-0.25, -0.2) is 29.9 Å². The Labute approximate surface area is 876 Å². The van der Waals surface area contributed by atoms with Gasteiger partial charge >= 0.3 is 0 Å². The Morgan fingerprint density at radius 2 is 0.754 bits per heavy atom. The smallest absolute Gasteiger partial charge is 0.197 e. The second-order valence-corrected chi connectivity index (χ2v) is 47.8. The van der Waals surface area contributed by atoms with Crippen LogP contribution in [0.2, 0.25) is 0 Å². The number of nitrogens with zero attached hydrogens (tertiary/aromatic N) is 12. The summed E-state index contributed by atoms with van der Waals surface area (Å²) in [6.45, 7) is 112. The lowest BCUT2D eigenvalue weighted by atomic mass is 9.93. The molecule has 0 spiro atoms. The molecule has 0 saturated heterocycles. The van der Waals surface area contributed by atoms with Gasteiger partial charge in [0.15, 0.2) is 23.5 Å². The molecule has 0 aliphatic carbocycles. The molecule has 0 aliphatic rings. The highest BCUT2D eigenvalue weighted by molar-refractivity contribution is 7.12. The highest BCUT2D eigenvalue weighted by Crippen LogP contribution is 2.34. The van der Waals surface area contributed by atoms with Gasteiger partial charge in [-0.1, -0.05) is 410 Å². The maximum Gasteiger partial charge on any atom is 0.197 e. The number of aryl methyl sites for hydroxylation is 6. The molecule has 18 heteroatoms. The van der Waals surface area contributed by atoms with E-state index in [-0.39, 0.29) is 0 Å². The van der Waals surface area contributed by atoms with Crippen molar-refractivity contribution in [1.29, 1.82) is 0 Å². The fourth-order valence-electron chi connectivity index (χ4n) is 14.0. The zero-order valence-electron chi connectivity index (χ0n) is 100. The largest absolute Gasteiger partial charge is 0.445 e. The third-order valence-electron chi connectivity index (χ3n) is 23.7. The van der Waals surface area contributed by atoms with Crippen LogP contribution < -0.4 is 0 Å². The van der Waals surface area contributed by atoms with Gasteiger partial charge in [-0.15, -0.1) is 22.7 Å². The van der Waals surface area contributed by atoms with Crippen molar-refractivity contribution in [3.05, 3.63) is 266 Å². The first-order chi connectivity index (χ1) is 65.8. The minimum Gasteiger partial charge on any atom is -0.445 e. The molecule has 142 heavy (non-hydrogen) atoms. The van der Waals surface area contributed by atoms with Gasteiger partial charge in [0.1, 0.15) is 28.9 Å². The van der Waals surface area contributed by atoms with Gasteiger partial charge in [-0.2, -0.15) is 10.2 Å². The Balaban J connectivity index is 0.000000775. The van der Waals surface area contributed by atoms with E-state index in [9.17, 15) is 0 Å². The van der Waals surface area contributed by atoms with E-state index in [4.69, 9.17) is 17.8 Å². The highest BCUT2D eigenvalue weighted by Gasteiger charge is 2.21. The molecule has 0 bridgehead atoms. The summed E-state index contributed by atoms with van der Waals surface area (Å²) in [5.74, 6) is 21.3. The molecule has 9 heterocycles. The molecule has 0 unspecified atom stereocenters. The van der Waals surface area contributed by atoms with Crippen molar-refractivity contribution in [2.75, 3.05) is 0 Å². The third kappa shape index (κ3) is 47.2. The lowest BCUT2D eigenvalue weighted by Crippen LogP contribution is -2.00. The topological polar surface area (TPSA) is 191 Å². The number of aromatic nitrogens is 12. The second-order valence-electron chi connectivity index (χ2n) is 45.6. The minimum absolute atomic E-state index is 0.385. The maximum atomic E-state index is 5.63. The first-order valence-corrected chi connectivity index (χ1v) is 55.4. The van der Waals surface area contributed by atoms with Crippen molar-refractivity contribution in [1.82, 2.24) is 59.6 Å². The van der Waals surface area contributed by atoms with E-state index >= 15 is 0 Å². The molecule has 16 nitrogen and oxygen atoms in total. The van der Waals surface area contributed by atoms with E-state index in [2.05, 4.69) is 481 Å². The molecule has 3 aromatic carbocycles. The zero-order chi connectivity index (χ0) is 109. The number of oxazole rings is 3. The Kier molecular flexibility index (Phi) is 60.1. The lowest BCUT2D eigenvalue weighted by molar-refractivity contribution is 0.363. The quantitative estimate of drug-likeness (QED) is 0.0555. The Morgan fingerprint density at radius 3 is 1.03 bits per heavy atom. The van der Waals surface area contributed by atoms with Crippen molar-refractivity contribution in [2.24, 2.45) is 14.1 Å². The molecule has 0 fully saturated rings. The number of hydrogen-bond acceptors (Lipinski definition) is 16. The molecule has 0 aliphatic heterocycles. The zero-order valence-corrected chi connectivity index (χ0v) is 102. The number of hydrogen-bond donors (Lipinski definition) is 0. The van der Waals surface area contributed by atoms with E-state index in [1.165, 1.54) is 87.1 Å². The van der Waals surface area contributed by atoms with E-state index in [0.717, 1.165) is 69.4 Å². The molecule has 12 aromatic rings. The molecular formula is C124H204N12O4S2. The van der Waals surface area contributed by atoms with Crippen LogP contribution in [0.5, 0.6) is 0 Å². The monoisotopic (exact) mass is 1990 g/mol. The van der Waals surface area contributed by atoms with E-state index in [1.54, 1.807) is 0 Å². The first-order valence-electron chi connectivity index (χ1n) is 53.8. The van der Waals surface area contributed by atoms with Crippen LogP contribution in [0.4, 0.5) is 0 Å². The summed E-state index contributed by atoms with van der Waals surface area (Å²) in [4.78, 5) is 33.6. The van der Waals surface area contributed by atoms with Gasteiger partial charge in [0, 0.05) is 113 Å². The van der Waals surface area contributed by atoms with Gasteiger partial charge in [0.25, 0.3) is 0 Å². The molecule has 0 atom stereocenters. The second kappa shape index (κ2) is 65.0. The van der Waals surface area contributed by atoms with Crippen LogP contribution in [0.15, 0.2) is 127 Å². The minimum atomic E-state index is 0.385. The number of benzene rings is 3. The molecule has 0 amide bonds. The predicted octanol–water partition coefficient (Wildman–Crippen LogP) is 39.6. The molecule has 0 saturated carbocycles. The molecule has 12 rings (SSSR count). The van der Waals surface area contributed by atoms with Gasteiger partial charge in [0.2, 0.25) is 0 Å². The number of rotatable bonds is 24. The summed E-state index contributed by atoms with van der Waals surface area (Å²) in [6, 6.07) is 33.2. The fraction of sp³-hybridized carbons (Fsp3) is 0.629. The van der Waals surface area contributed by atoms with Gasteiger partial charge < -0.3 is 17.8 Å². The summed E-state index contributed by atoms with van der Waals surface area (Å²) >= 11 is 3.70. The van der Waals surface area contributed by atoms with Crippen molar-refractivity contribution in [3.63, 3.8) is 0 Å². The van der Waals surface area contributed by atoms with E-state index in [1.807, 2.05) is 84.6 Å². The fourth-order valence-corrected chi connectivity index (χ4v) is 16.0. The third-order valence-corrected chi connectivity index (χ3v) is 27.0. The number of thiazole rings is 2. The van der Waals surface area contributed by atoms with Crippen LogP contribution in [0.25, 0.3) is 0 Å². The Hall–Kier alpha value is -8.74. The van der Waals surface area contributed by atoms with Crippen molar-refractivity contribution < 1.29 is 17.8 Å². The lowest BCUT2D eigenvalue weighted by Gasteiger charge is -2.13. The molecule has 9 aromatic heterocycles. The average molecular weight is 1990 g/mol. The maximum absolute atomic E-state index is 5.63. The SMILES string of the molecule is CC(C)c1cc(C(C)C)n(C)n1.CC(C)c1cc(C(C)C)on1.CC(C)c1ccc(C(C)C)cc1.CC(C)c1ccc(C(C)C)nc1.CC(C)c1cccc(C(C)C)c1.CC(C)c1cnc(C(C)C)o1.CC(C)c1cnc(C(C)C)s1.CC(C)c1nc(C(C)C)n(C)n1.Cc1cc(C(C)C)ccc1C(C)C.Cc1nc(C(C)C)oc1C(C)C.Cc1nc(C(C)C)sc1C(C)C.Cc1oc(C(C)C)nc1C(C)C. The van der Waals surface area contributed by atoms with Crippen LogP contribution in [0.3, 0.4) is 0 Å². The van der Waals surface area contributed by atoms with Crippen LogP contribution >= 0.6 is 22.7 Å². The van der Waals surface area contributed by atoms with Gasteiger partial charge in [-0.05, 0) is 167 Å². The van der Waals surface area contributed by atoms with Crippen molar-refractivity contribution >= 4 is 22.7 Å². The van der Waals surface area contributed by atoms with Crippen LogP contribution in [-0.4, -0.2) is 59.6 Å². The normalized spacial score (nSPS) is 11.4. The average Bonchev–Trinajstić information content (AvgIpc) is 1.82. The summed E-state index contributed by atoms with van der Waals surface area (Å²) in [7, 11) is 3.97. The van der Waals surface area contributed by atoms with Crippen molar-refractivity contribution in [3.8, 4) is 0 Å². The molecule has 0 N–H and O–H groups in total. The summed E-state index contributed by atoms with van der Waals surface area (Å²) in [5, 5.41) is 15.3. The molecule has 796 valence electrons. The summed E-state index contributed by atoms with van der Waals surface area (Å²) in [5.41, 5.74) is 19.5. The first kappa shape index (κ1) is 131. The van der Waals surface area contributed by atoms with Gasteiger partial charge in [0.05, 0.1) is 44.7 Å². The summed E-state index contributed by atoms with van der Waals surface area (Å²) < 4.78 is 25.6. The van der Waals surface area contributed by atoms with Gasteiger partial charge in [-0.3, -0.25) is 14.3 Å². The van der Waals surface area contributed by atoms with Crippen LogP contribution in [0, 0.1) is 27.7 Å². The van der Waals surface area contributed by atoms with E-state index in [0.29, 0.717) is 142 Å². The molecular weight excluding hydrogens is 1790 g/mol. The van der Waals surface area contributed by atoms with Crippen molar-refractivity contribution in [2.45, 2.75) is 502 Å². The Bertz CT molecular complexity index is 4710. The predicted molar refractivity (Wildman–Crippen MR) is 615 cm³/mol.